The van der Waals surface area contributed by atoms with E-state index < -0.39 is 19.1 Å². The van der Waals surface area contributed by atoms with E-state index in [2.05, 4.69) is 15.6 Å². The quantitative estimate of drug-likeness (QED) is 0.687. The number of pyridine rings is 1. The number of rotatable bonds is 7. The highest BCUT2D eigenvalue weighted by molar-refractivity contribution is 5.54. The number of aliphatic hydroxyl groups excluding tert-OH is 1. The van der Waals surface area contributed by atoms with Gasteiger partial charge in [-0.05, 0) is 12.5 Å². The third-order valence-electron chi connectivity index (χ3n) is 2.10. The van der Waals surface area contributed by atoms with Gasteiger partial charge >= 0.3 is 0 Å². The van der Waals surface area contributed by atoms with Crippen molar-refractivity contribution in [3.63, 3.8) is 0 Å². The van der Waals surface area contributed by atoms with Crippen LogP contribution >= 0.6 is 0 Å². The highest BCUT2D eigenvalue weighted by Crippen LogP contribution is 2.16. The minimum absolute atomic E-state index is 0.499. The summed E-state index contributed by atoms with van der Waals surface area (Å²) < 4.78 is 25.6. The maximum absolute atomic E-state index is 12.8. The number of nitrogens with zero attached hydrogens (tertiary/aromatic N) is 1. The van der Waals surface area contributed by atoms with Crippen LogP contribution in [0.15, 0.2) is 18.5 Å². The topological polar surface area (TPSA) is 57.2 Å². The third kappa shape index (κ3) is 4.95. The lowest BCUT2D eigenvalue weighted by Crippen LogP contribution is -2.31. The van der Waals surface area contributed by atoms with Crippen molar-refractivity contribution in [2.75, 3.05) is 30.3 Å². The van der Waals surface area contributed by atoms with Crippen molar-refractivity contribution in [2.45, 2.75) is 19.3 Å². The van der Waals surface area contributed by atoms with Crippen molar-refractivity contribution in [1.82, 2.24) is 4.98 Å². The van der Waals surface area contributed by atoms with Gasteiger partial charge in [0, 0.05) is 6.54 Å². The molecular formula is C11H17F2N3O. The molecule has 0 aliphatic heterocycles. The molecule has 0 atom stereocenters. The zero-order chi connectivity index (χ0) is 12.7. The number of hydrogen-bond donors (Lipinski definition) is 3. The lowest BCUT2D eigenvalue weighted by Gasteiger charge is -2.15. The largest absolute Gasteiger partial charge is 0.390 e. The standard InChI is InChI=1S/C11H17F2N3O/c1-2-3-15-9-4-10(6-14-5-9)16-7-11(12,13)8-17/h4-6,15-17H,2-3,7-8H2,1H3. The van der Waals surface area contributed by atoms with Crippen molar-refractivity contribution in [1.29, 1.82) is 0 Å². The normalized spacial score (nSPS) is 11.3. The van der Waals surface area contributed by atoms with Crippen molar-refractivity contribution in [3.05, 3.63) is 18.5 Å². The predicted molar refractivity (Wildman–Crippen MR) is 63.5 cm³/mol. The minimum Gasteiger partial charge on any atom is -0.390 e. The Kier molecular flexibility index (Phi) is 5.09. The molecule has 0 radical (unpaired) electrons. The molecule has 0 aromatic carbocycles. The van der Waals surface area contributed by atoms with Crippen LogP contribution in [0.1, 0.15) is 13.3 Å². The summed E-state index contributed by atoms with van der Waals surface area (Å²) in [6.45, 7) is 1.06. The summed E-state index contributed by atoms with van der Waals surface area (Å²) in [4.78, 5) is 3.93. The van der Waals surface area contributed by atoms with Gasteiger partial charge in [-0.25, -0.2) is 8.78 Å². The van der Waals surface area contributed by atoms with Gasteiger partial charge in [0.1, 0.15) is 6.61 Å². The van der Waals surface area contributed by atoms with Crippen molar-refractivity contribution >= 4 is 11.4 Å². The molecular weight excluding hydrogens is 228 g/mol. The molecule has 0 fully saturated rings. The smallest absolute Gasteiger partial charge is 0.287 e. The molecule has 0 unspecified atom stereocenters. The summed E-state index contributed by atoms with van der Waals surface area (Å²) in [5.41, 5.74) is 1.28. The first-order chi connectivity index (χ1) is 8.07. The van der Waals surface area contributed by atoms with Crippen LogP contribution in [-0.4, -0.2) is 35.7 Å². The maximum Gasteiger partial charge on any atom is 0.287 e. The molecule has 1 aromatic heterocycles. The average molecular weight is 245 g/mol. The fourth-order valence-corrected chi connectivity index (χ4v) is 1.19. The fraction of sp³-hybridized carbons (Fsp3) is 0.545. The third-order valence-corrected chi connectivity index (χ3v) is 2.10. The Morgan fingerprint density at radius 3 is 2.53 bits per heavy atom. The van der Waals surface area contributed by atoms with E-state index in [0.29, 0.717) is 5.69 Å². The van der Waals surface area contributed by atoms with Crippen LogP contribution in [0.5, 0.6) is 0 Å². The van der Waals surface area contributed by atoms with Gasteiger partial charge in [-0.3, -0.25) is 4.98 Å². The molecule has 0 aliphatic rings. The van der Waals surface area contributed by atoms with Gasteiger partial charge in [-0.1, -0.05) is 6.92 Å². The predicted octanol–water partition coefficient (Wildman–Crippen LogP) is 1.94. The van der Waals surface area contributed by atoms with Crippen molar-refractivity contribution < 1.29 is 13.9 Å². The van der Waals surface area contributed by atoms with Crippen molar-refractivity contribution in [3.8, 4) is 0 Å². The Balaban J connectivity index is 2.53. The molecule has 96 valence electrons. The molecule has 1 heterocycles. The summed E-state index contributed by atoms with van der Waals surface area (Å²) >= 11 is 0. The monoisotopic (exact) mass is 245 g/mol. The number of aromatic nitrogens is 1. The summed E-state index contributed by atoms with van der Waals surface area (Å²) in [5, 5.41) is 14.1. The molecule has 17 heavy (non-hydrogen) atoms. The average Bonchev–Trinajstić information content (AvgIpc) is 2.35. The molecule has 4 nitrogen and oxygen atoms in total. The number of halogens is 2. The Morgan fingerprint density at radius 2 is 1.94 bits per heavy atom. The summed E-state index contributed by atoms with van der Waals surface area (Å²) in [6, 6.07) is 1.70. The Bertz CT molecular complexity index is 347. The first kappa shape index (κ1) is 13.6. The minimum atomic E-state index is -3.12. The van der Waals surface area contributed by atoms with E-state index >= 15 is 0 Å². The molecule has 3 N–H and O–H groups in total. The highest BCUT2D eigenvalue weighted by atomic mass is 19.3. The van der Waals surface area contributed by atoms with Crippen LogP contribution in [0.25, 0.3) is 0 Å². The van der Waals surface area contributed by atoms with Crippen LogP contribution in [-0.2, 0) is 0 Å². The molecule has 0 spiro atoms. The van der Waals surface area contributed by atoms with Gasteiger partial charge in [0.15, 0.2) is 0 Å². The maximum atomic E-state index is 12.8. The van der Waals surface area contributed by atoms with Crippen LogP contribution in [0, 0.1) is 0 Å². The molecule has 0 bridgehead atoms. The Hall–Kier alpha value is -1.43. The molecule has 0 aliphatic carbocycles. The Morgan fingerprint density at radius 1 is 1.29 bits per heavy atom. The van der Waals surface area contributed by atoms with Crippen LogP contribution in [0.3, 0.4) is 0 Å². The SMILES string of the molecule is CCCNc1cncc(NCC(F)(F)CO)c1. The van der Waals surface area contributed by atoms with Gasteiger partial charge in [-0.2, -0.15) is 0 Å². The van der Waals surface area contributed by atoms with Gasteiger partial charge in [0.05, 0.1) is 30.3 Å². The first-order valence-electron chi connectivity index (χ1n) is 5.49. The van der Waals surface area contributed by atoms with Gasteiger partial charge < -0.3 is 15.7 Å². The number of aliphatic hydroxyl groups is 1. The molecule has 6 heteroatoms. The number of nitrogens with one attached hydrogen (secondary N) is 2. The molecule has 0 saturated heterocycles. The lowest BCUT2D eigenvalue weighted by molar-refractivity contribution is -0.0372. The summed E-state index contributed by atoms with van der Waals surface area (Å²) in [7, 11) is 0. The van der Waals surface area contributed by atoms with Crippen LogP contribution < -0.4 is 10.6 Å². The molecule has 0 saturated carbocycles. The summed E-state index contributed by atoms with van der Waals surface area (Å²) in [6.07, 6.45) is 4.07. The van der Waals surface area contributed by atoms with E-state index in [1.165, 1.54) is 6.20 Å². The number of alkyl halides is 2. The van der Waals surface area contributed by atoms with Crippen LogP contribution in [0.4, 0.5) is 20.2 Å². The van der Waals surface area contributed by atoms with E-state index in [0.717, 1.165) is 18.7 Å². The van der Waals surface area contributed by atoms with Gasteiger partial charge in [0.25, 0.3) is 5.92 Å². The summed E-state index contributed by atoms with van der Waals surface area (Å²) in [5.74, 6) is -3.12. The van der Waals surface area contributed by atoms with E-state index in [4.69, 9.17) is 5.11 Å². The van der Waals surface area contributed by atoms with E-state index in [9.17, 15) is 8.78 Å². The van der Waals surface area contributed by atoms with Crippen LogP contribution in [0.2, 0.25) is 0 Å². The first-order valence-corrected chi connectivity index (χ1v) is 5.49. The molecule has 0 amide bonds. The highest BCUT2D eigenvalue weighted by Gasteiger charge is 2.27. The zero-order valence-corrected chi connectivity index (χ0v) is 9.71. The molecule has 1 aromatic rings. The van der Waals surface area contributed by atoms with E-state index in [-0.39, 0.29) is 0 Å². The second-order valence-electron chi connectivity index (χ2n) is 3.76. The van der Waals surface area contributed by atoms with E-state index in [1.54, 1.807) is 12.3 Å². The second kappa shape index (κ2) is 6.34. The van der Waals surface area contributed by atoms with Gasteiger partial charge in [-0.15, -0.1) is 0 Å². The number of anilines is 2. The zero-order valence-electron chi connectivity index (χ0n) is 9.71. The second-order valence-corrected chi connectivity index (χ2v) is 3.76. The number of hydrogen-bond acceptors (Lipinski definition) is 4. The van der Waals surface area contributed by atoms with Crippen molar-refractivity contribution in [2.24, 2.45) is 0 Å². The van der Waals surface area contributed by atoms with E-state index in [1.807, 2.05) is 6.92 Å². The molecule has 1 rings (SSSR count). The Labute approximate surface area is 99.1 Å². The lowest BCUT2D eigenvalue weighted by atomic mass is 10.3. The fourth-order valence-electron chi connectivity index (χ4n) is 1.19. The van der Waals surface area contributed by atoms with Gasteiger partial charge in [0.2, 0.25) is 0 Å².